The molecule has 0 atom stereocenters. The molecule has 1 N–H and O–H groups in total. The van der Waals surface area contributed by atoms with Crippen LogP contribution >= 0.6 is 23.6 Å². The van der Waals surface area contributed by atoms with Crippen molar-refractivity contribution in [2.75, 3.05) is 14.1 Å². The summed E-state index contributed by atoms with van der Waals surface area (Å²) < 4.78 is 5.17. The molecule has 5 nitrogen and oxygen atoms in total. The first-order valence-corrected chi connectivity index (χ1v) is 5.59. The minimum Gasteiger partial charge on any atom is -0.408 e. The van der Waals surface area contributed by atoms with Crippen LogP contribution in [0.25, 0.3) is 11.6 Å². The van der Waals surface area contributed by atoms with Crippen molar-refractivity contribution in [2.24, 2.45) is 0 Å². The predicted octanol–water partition coefficient (Wildman–Crippen LogP) is 1.92. The monoisotopic (exact) mass is 242 g/mol. The highest BCUT2D eigenvalue weighted by Crippen LogP contribution is 2.20. The fraction of sp³-hybridized carbons (Fsp3) is 0.375. The van der Waals surface area contributed by atoms with Crippen molar-refractivity contribution < 1.29 is 4.42 Å². The van der Waals surface area contributed by atoms with Gasteiger partial charge < -0.3 is 9.32 Å². The summed E-state index contributed by atoms with van der Waals surface area (Å²) in [6, 6.07) is 0. The number of aromatic nitrogens is 3. The van der Waals surface area contributed by atoms with E-state index in [2.05, 4.69) is 20.1 Å². The molecule has 0 amide bonds. The Kier molecular flexibility index (Phi) is 2.94. The number of nitrogens with zero attached hydrogens (tertiary/aromatic N) is 3. The molecule has 2 aromatic heterocycles. The smallest absolute Gasteiger partial charge is 0.284 e. The number of aromatic amines is 1. The maximum Gasteiger partial charge on any atom is 0.284 e. The average molecular weight is 242 g/mol. The molecule has 0 bridgehead atoms. The lowest BCUT2D eigenvalue weighted by Gasteiger charge is -2.04. The zero-order valence-corrected chi connectivity index (χ0v) is 9.98. The molecule has 0 spiro atoms. The van der Waals surface area contributed by atoms with Crippen molar-refractivity contribution >= 4 is 23.6 Å². The van der Waals surface area contributed by atoms with Gasteiger partial charge in [0.05, 0.1) is 0 Å². The van der Waals surface area contributed by atoms with Gasteiger partial charge in [-0.3, -0.25) is 0 Å². The summed E-state index contributed by atoms with van der Waals surface area (Å²) in [5, 5.41) is 9.42. The Balaban J connectivity index is 2.23. The number of thiazole rings is 1. The van der Waals surface area contributed by atoms with Gasteiger partial charge in [-0.25, -0.2) is 10.1 Å². The van der Waals surface area contributed by atoms with Crippen LogP contribution in [0.1, 0.15) is 5.01 Å². The number of H-pyrrole nitrogens is 1. The van der Waals surface area contributed by atoms with Gasteiger partial charge in [0.1, 0.15) is 10.7 Å². The first-order valence-electron chi connectivity index (χ1n) is 4.30. The van der Waals surface area contributed by atoms with Crippen LogP contribution < -0.4 is 0 Å². The van der Waals surface area contributed by atoms with E-state index < -0.39 is 0 Å². The van der Waals surface area contributed by atoms with Crippen LogP contribution in [0.5, 0.6) is 0 Å². The van der Waals surface area contributed by atoms with E-state index in [1.54, 1.807) is 11.3 Å². The fourth-order valence-electron chi connectivity index (χ4n) is 1.09. The molecule has 0 radical (unpaired) electrons. The number of rotatable bonds is 3. The molecule has 0 saturated carbocycles. The number of hydrogen-bond acceptors (Lipinski definition) is 6. The molecule has 2 heterocycles. The van der Waals surface area contributed by atoms with Crippen molar-refractivity contribution in [2.45, 2.75) is 6.54 Å². The minimum absolute atomic E-state index is 0.271. The topological polar surface area (TPSA) is 58.0 Å². The molecular formula is C8H10N4OS2. The Bertz CT molecular complexity index is 498. The molecule has 0 aliphatic rings. The SMILES string of the molecule is CN(C)Cc1nc(-c2n[nH]c(=S)o2)cs1. The van der Waals surface area contributed by atoms with Gasteiger partial charge in [-0.1, -0.05) is 0 Å². The molecule has 0 unspecified atom stereocenters. The maximum atomic E-state index is 5.17. The lowest BCUT2D eigenvalue weighted by atomic mass is 10.5. The molecule has 2 rings (SSSR count). The van der Waals surface area contributed by atoms with Crippen LogP contribution in [0, 0.1) is 4.84 Å². The van der Waals surface area contributed by atoms with E-state index in [1.807, 2.05) is 19.5 Å². The molecule has 0 aliphatic carbocycles. The van der Waals surface area contributed by atoms with E-state index in [1.165, 1.54) is 0 Å². The number of nitrogens with one attached hydrogen (secondary N) is 1. The zero-order valence-electron chi connectivity index (χ0n) is 8.35. The lowest BCUT2D eigenvalue weighted by molar-refractivity contribution is 0.401. The standard InChI is InChI=1S/C8H10N4OS2/c1-12(2)3-6-9-5(4-15-6)7-10-11-8(14)13-7/h4H,3H2,1-2H3,(H,11,14). The first kappa shape index (κ1) is 10.5. The van der Waals surface area contributed by atoms with Gasteiger partial charge in [-0.05, 0) is 26.3 Å². The Morgan fingerprint density at radius 1 is 1.60 bits per heavy atom. The second kappa shape index (κ2) is 4.21. The van der Waals surface area contributed by atoms with Crippen LogP contribution in [0.4, 0.5) is 0 Å². The van der Waals surface area contributed by atoms with E-state index >= 15 is 0 Å². The molecule has 0 fully saturated rings. The average Bonchev–Trinajstić information content (AvgIpc) is 2.72. The maximum absolute atomic E-state index is 5.17. The van der Waals surface area contributed by atoms with Gasteiger partial charge in [0.15, 0.2) is 0 Å². The molecule has 0 aromatic carbocycles. The summed E-state index contributed by atoms with van der Waals surface area (Å²) in [6.45, 7) is 0.815. The third kappa shape index (κ3) is 2.49. The third-order valence-corrected chi connectivity index (χ3v) is 2.67. The van der Waals surface area contributed by atoms with Gasteiger partial charge in [0, 0.05) is 11.9 Å². The van der Waals surface area contributed by atoms with Gasteiger partial charge in [-0.15, -0.1) is 16.4 Å². The predicted molar refractivity (Wildman–Crippen MR) is 60.2 cm³/mol. The Hall–Kier alpha value is -1.05. The quantitative estimate of drug-likeness (QED) is 0.833. The molecular weight excluding hydrogens is 232 g/mol. The number of hydrogen-bond donors (Lipinski definition) is 1. The summed E-state index contributed by atoms with van der Waals surface area (Å²) in [7, 11) is 4.00. The van der Waals surface area contributed by atoms with Crippen LogP contribution in [0.15, 0.2) is 9.80 Å². The lowest BCUT2D eigenvalue weighted by Crippen LogP contribution is -2.10. The molecule has 15 heavy (non-hydrogen) atoms. The second-order valence-electron chi connectivity index (χ2n) is 3.28. The largest absolute Gasteiger partial charge is 0.408 e. The minimum atomic E-state index is 0.271. The van der Waals surface area contributed by atoms with E-state index in [9.17, 15) is 0 Å². The molecule has 0 aliphatic heterocycles. The fourth-order valence-corrected chi connectivity index (χ4v) is 2.10. The molecule has 0 saturated heterocycles. The summed E-state index contributed by atoms with van der Waals surface area (Å²) >= 11 is 6.37. The normalized spacial score (nSPS) is 11.1. The van der Waals surface area contributed by atoms with Crippen LogP contribution in [0.3, 0.4) is 0 Å². The Morgan fingerprint density at radius 2 is 2.40 bits per heavy atom. The summed E-state index contributed by atoms with van der Waals surface area (Å²) in [6.07, 6.45) is 0. The van der Waals surface area contributed by atoms with Crippen molar-refractivity contribution in [3.63, 3.8) is 0 Å². The van der Waals surface area contributed by atoms with Crippen LogP contribution in [-0.2, 0) is 6.54 Å². The highest BCUT2D eigenvalue weighted by atomic mass is 32.1. The molecule has 7 heteroatoms. The van der Waals surface area contributed by atoms with Gasteiger partial charge >= 0.3 is 0 Å². The second-order valence-corrected chi connectivity index (χ2v) is 4.60. The summed E-state index contributed by atoms with van der Waals surface area (Å²) in [5.74, 6) is 0.446. The molecule has 80 valence electrons. The van der Waals surface area contributed by atoms with E-state index in [-0.39, 0.29) is 4.84 Å². The van der Waals surface area contributed by atoms with Gasteiger partial charge in [0.2, 0.25) is 0 Å². The highest BCUT2D eigenvalue weighted by molar-refractivity contribution is 7.71. The Labute approximate surface area is 95.8 Å². The Morgan fingerprint density at radius 3 is 3.00 bits per heavy atom. The van der Waals surface area contributed by atoms with E-state index in [0.717, 1.165) is 17.2 Å². The summed E-state index contributed by atoms with van der Waals surface area (Å²) in [5.41, 5.74) is 0.726. The van der Waals surface area contributed by atoms with Crippen molar-refractivity contribution in [1.82, 2.24) is 20.1 Å². The third-order valence-electron chi connectivity index (χ3n) is 1.66. The van der Waals surface area contributed by atoms with E-state index in [4.69, 9.17) is 16.6 Å². The van der Waals surface area contributed by atoms with Crippen LogP contribution in [0.2, 0.25) is 0 Å². The van der Waals surface area contributed by atoms with E-state index in [0.29, 0.717) is 5.89 Å². The summed E-state index contributed by atoms with van der Waals surface area (Å²) in [4.78, 5) is 6.72. The molecule has 2 aromatic rings. The van der Waals surface area contributed by atoms with Crippen LogP contribution in [-0.4, -0.2) is 34.2 Å². The van der Waals surface area contributed by atoms with Crippen molar-refractivity contribution in [3.8, 4) is 11.6 Å². The first-order chi connectivity index (χ1) is 7.15. The van der Waals surface area contributed by atoms with Gasteiger partial charge in [0.25, 0.3) is 10.7 Å². The van der Waals surface area contributed by atoms with Crippen molar-refractivity contribution in [3.05, 3.63) is 15.2 Å². The zero-order chi connectivity index (χ0) is 10.8. The highest BCUT2D eigenvalue weighted by Gasteiger charge is 2.09. The van der Waals surface area contributed by atoms with Crippen molar-refractivity contribution in [1.29, 1.82) is 0 Å². The van der Waals surface area contributed by atoms with Gasteiger partial charge in [-0.2, -0.15) is 0 Å².